The highest BCUT2D eigenvalue weighted by Gasteiger charge is 2.10. The molecule has 0 atom stereocenters. The highest BCUT2D eigenvalue weighted by molar-refractivity contribution is 9.10. The summed E-state index contributed by atoms with van der Waals surface area (Å²) in [6.45, 7) is 2.55. The Labute approximate surface area is 123 Å². The van der Waals surface area contributed by atoms with Crippen LogP contribution in [0.5, 0.6) is 0 Å². The third-order valence-corrected chi connectivity index (χ3v) is 4.33. The van der Waals surface area contributed by atoms with Crippen molar-refractivity contribution in [2.75, 3.05) is 11.9 Å². The molecule has 98 valence electrons. The van der Waals surface area contributed by atoms with E-state index in [1.165, 1.54) is 0 Å². The first kappa shape index (κ1) is 14.0. The van der Waals surface area contributed by atoms with Crippen LogP contribution in [0.4, 0.5) is 10.1 Å². The van der Waals surface area contributed by atoms with Gasteiger partial charge in [0.25, 0.3) is 0 Å². The Morgan fingerprint density at radius 3 is 2.95 bits per heavy atom. The van der Waals surface area contributed by atoms with E-state index in [-0.39, 0.29) is 4.47 Å². The second-order valence-electron chi connectivity index (χ2n) is 3.96. The predicted octanol–water partition coefficient (Wildman–Crippen LogP) is 3.88. The molecule has 1 aromatic carbocycles. The lowest BCUT2D eigenvalue weighted by Gasteiger charge is -2.08. The minimum atomic E-state index is -0.436. The molecule has 0 aliphatic rings. The third kappa shape index (κ3) is 3.31. The molecule has 2 aromatic rings. The van der Waals surface area contributed by atoms with Crippen molar-refractivity contribution in [1.29, 1.82) is 5.26 Å². The fourth-order valence-corrected chi connectivity index (χ4v) is 2.80. The Morgan fingerprint density at radius 2 is 2.32 bits per heavy atom. The van der Waals surface area contributed by atoms with Crippen LogP contribution in [0.3, 0.4) is 0 Å². The summed E-state index contributed by atoms with van der Waals surface area (Å²) in [5.74, 6) is -0.436. The average molecular weight is 340 g/mol. The molecule has 0 fully saturated rings. The zero-order valence-corrected chi connectivity index (χ0v) is 12.6. The molecule has 0 radical (unpaired) electrons. The van der Waals surface area contributed by atoms with Crippen LogP contribution in [-0.4, -0.2) is 11.5 Å². The van der Waals surface area contributed by atoms with E-state index in [2.05, 4.69) is 26.2 Å². The lowest BCUT2D eigenvalue weighted by Crippen LogP contribution is -2.07. The maximum absolute atomic E-state index is 13.9. The Hall–Kier alpha value is -1.45. The predicted molar refractivity (Wildman–Crippen MR) is 77.9 cm³/mol. The van der Waals surface area contributed by atoms with Gasteiger partial charge in [0.1, 0.15) is 6.07 Å². The number of aromatic nitrogens is 1. The number of nitrogens with zero attached hydrogens (tertiary/aromatic N) is 2. The minimum Gasteiger partial charge on any atom is -0.382 e. The first-order chi connectivity index (χ1) is 9.11. The Bertz CT molecular complexity index is 633. The summed E-state index contributed by atoms with van der Waals surface area (Å²) < 4.78 is 14.1. The number of rotatable bonds is 4. The summed E-state index contributed by atoms with van der Waals surface area (Å²) >= 11 is 4.68. The molecule has 19 heavy (non-hydrogen) atoms. The molecule has 0 aliphatic carbocycles. The Balaban J connectivity index is 2.00. The lowest BCUT2D eigenvalue weighted by molar-refractivity contribution is 0.623. The van der Waals surface area contributed by atoms with Crippen molar-refractivity contribution >= 4 is 33.0 Å². The molecule has 0 aliphatic heterocycles. The van der Waals surface area contributed by atoms with Crippen LogP contribution < -0.4 is 5.32 Å². The number of anilines is 1. The van der Waals surface area contributed by atoms with Crippen molar-refractivity contribution in [1.82, 2.24) is 4.98 Å². The van der Waals surface area contributed by atoms with Gasteiger partial charge >= 0.3 is 0 Å². The minimum absolute atomic E-state index is 0.199. The molecule has 0 saturated heterocycles. The Morgan fingerprint density at radius 1 is 1.53 bits per heavy atom. The van der Waals surface area contributed by atoms with Crippen molar-refractivity contribution in [3.05, 3.63) is 44.1 Å². The van der Waals surface area contributed by atoms with Crippen LogP contribution in [0.1, 0.15) is 16.3 Å². The molecular weight excluding hydrogens is 329 g/mol. The molecule has 0 amide bonds. The highest BCUT2D eigenvalue weighted by atomic mass is 79.9. The van der Waals surface area contributed by atoms with Crippen molar-refractivity contribution < 1.29 is 4.39 Å². The van der Waals surface area contributed by atoms with Crippen molar-refractivity contribution in [3.63, 3.8) is 0 Å². The smallest absolute Gasteiger partial charge is 0.161 e. The van der Waals surface area contributed by atoms with Gasteiger partial charge in [0.15, 0.2) is 5.82 Å². The molecule has 0 spiro atoms. The van der Waals surface area contributed by atoms with E-state index in [1.54, 1.807) is 23.5 Å². The third-order valence-electron chi connectivity index (χ3n) is 2.52. The van der Waals surface area contributed by atoms with E-state index in [0.29, 0.717) is 17.8 Å². The number of thiazole rings is 1. The summed E-state index contributed by atoms with van der Waals surface area (Å²) in [6.07, 6.45) is 0.746. The summed E-state index contributed by atoms with van der Waals surface area (Å²) in [5, 5.41) is 14.8. The molecule has 1 heterocycles. The molecule has 0 unspecified atom stereocenters. The molecule has 0 saturated carbocycles. The molecule has 1 N–H and O–H groups in total. The van der Waals surface area contributed by atoms with E-state index < -0.39 is 5.82 Å². The van der Waals surface area contributed by atoms with Crippen LogP contribution in [0.25, 0.3) is 0 Å². The number of nitrogens with one attached hydrogen (secondary N) is 1. The van der Waals surface area contributed by atoms with Gasteiger partial charge in [0, 0.05) is 24.0 Å². The number of benzene rings is 1. The second-order valence-corrected chi connectivity index (χ2v) is 5.70. The number of halogens is 2. The lowest BCUT2D eigenvalue weighted by atomic mass is 10.2. The zero-order chi connectivity index (χ0) is 13.8. The largest absolute Gasteiger partial charge is 0.382 e. The summed E-state index contributed by atoms with van der Waals surface area (Å²) in [4.78, 5) is 4.34. The van der Waals surface area contributed by atoms with Crippen molar-refractivity contribution in [3.8, 4) is 6.07 Å². The van der Waals surface area contributed by atoms with E-state index in [0.717, 1.165) is 17.1 Å². The van der Waals surface area contributed by atoms with Gasteiger partial charge < -0.3 is 5.32 Å². The molecular formula is C13H11BrFN3S. The van der Waals surface area contributed by atoms with E-state index in [4.69, 9.17) is 5.26 Å². The number of nitriles is 1. The number of hydrogen-bond donors (Lipinski definition) is 1. The van der Waals surface area contributed by atoms with Gasteiger partial charge in [0.05, 0.1) is 20.7 Å². The van der Waals surface area contributed by atoms with E-state index in [1.807, 2.05) is 18.4 Å². The van der Waals surface area contributed by atoms with Gasteiger partial charge in [-0.3, -0.25) is 0 Å². The molecule has 0 bridgehead atoms. The SMILES string of the molecule is Cc1csc(CCNc2ccc(C#N)c(Br)c2F)n1. The van der Waals surface area contributed by atoms with Crippen molar-refractivity contribution in [2.24, 2.45) is 0 Å². The van der Waals surface area contributed by atoms with Gasteiger partial charge in [-0.1, -0.05) is 0 Å². The molecule has 2 rings (SSSR count). The average Bonchev–Trinajstić information content (AvgIpc) is 2.81. The molecule has 1 aromatic heterocycles. The first-order valence-corrected chi connectivity index (χ1v) is 7.32. The van der Waals surface area contributed by atoms with Crippen molar-refractivity contribution in [2.45, 2.75) is 13.3 Å². The van der Waals surface area contributed by atoms with E-state index in [9.17, 15) is 4.39 Å². The summed E-state index contributed by atoms with van der Waals surface area (Å²) in [7, 11) is 0. The topological polar surface area (TPSA) is 48.7 Å². The van der Waals surface area contributed by atoms with Crippen LogP contribution in [0.15, 0.2) is 22.0 Å². The van der Waals surface area contributed by atoms with E-state index >= 15 is 0 Å². The fourth-order valence-electron chi connectivity index (χ4n) is 1.59. The quantitative estimate of drug-likeness (QED) is 0.919. The van der Waals surface area contributed by atoms with Crippen LogP contribution in [0.2, 0.25) is 0 Å². The van der Waals surface area contributed by atoms with Crippen LogP contribution in [-0.2, 0) is 6.42 Å². The normalized spacial score (nSPS) is 10.2. The van der Waals surface area contributed by atoms with Gasteiger partial charge in [-0.15, -0.1) is 11.3 Å². The van der Waals surface area contributed by atoms with Gasteiger partial charge in [-0.05, 0) is 35.0 Å². The summed E-state index contributed by atoms with van der Waals surface area (Å²) in [6, 6.07) is 5.09. The zero-order valence-electron chi connectivity index (χ0n) is 10.2. The summed E-state index contributed by atoms with van der Waals surface area (Å²) in [5.41, 5.74) is 1.69. The van der Waals surface area contributed by atoms with Gasteiger partial charge in [-0.2, -0.15) is 5.26 Å². The number of hydrogen-bond acceptors (Lipinski definition) is 4. The first-order valence-electron chi connectivity index (χ1n) is 5.65. The van der Waals surface area contributed by atoms with Crippen LogP contribution in [0, 0.1) is 24.1 Å². The molecule has 6 heteroatoms. The fraction of sp³-hybridized carbons (Fsp3) is 0.231. The van der Waals surface area contributed by atoms with Gasteiger partial charge in [-0.25, -0.2) is 9.37 Å². The molecule has 3 nitrogen and oxygen atoms in total. The second kappa shape index (κ2) is 6.13. The van der Waals surface area contributed by atoms with Crippen LogP contribution >= 0.6 is 27.3 Å². The number of aryl methyl sites for hydroxylation is 1. The van der Waals surface area contributed by atoms with Gasteiger partial charge in [0.2, 0.25) is 0 Å². The monoisotopic (exact) mass is 339 g/mol. The highest BCUT2D eigenvalue weighted by Crippen LogP contribution is 2.26. The Kier molecular flexibility index (Phi) is 4.51. The maximum Gasteiger partial charge on any atom is 0.161 e. The maximum atomic E-state index is 13.9. The standard InChI is InChI=1S/C13H11BrFN3S/c1-8-7-19-11(18-8)4-5-17-10-3-2-9(6-16)12(14)13(10)15/h2-3,7,17H,4-5H2,1H3.